The Morgan fingerprint density at radius 2 is 2.00 bits per heavy atom. The third kappa shape index (κ3) is 3.36. The zero-order valence-electron chi connectivity index (χ0n) is 10.9. The lowest BCUT2D eigenvalue weighted by Crippen LogP contribution is -2.62. The van der Waals surface area contributed by atoms with Crippen molar-refractivity contribution in [3.05, 3.63) is 0 Å². The molecule has 2 atom stereocenters. The van der Waals surface area contributed by atoms with E-state index in [0.29, 0.717) is 12.1 Å². The molecule has 90 valence electrons. The minimum Gasteiger partial charge on any atom is -0.372 e. The maximum absolute atomic E-state index is 6.05. The molecule has 1 aliphatic rings. The van der Waals surface area contributed by atoms with Crippen molar-refractivity contribution in [2.45, 2.75) is 58.8 Å². The molecule has 1 fully saturated rings. The molecule has 0 aliphatic heterocycles. The lowest BCUT2D eigenvalue weighted by Gasteiger charge is -2.53. The Labute approximate surface area is 98.5 Å². The van der Waals surface area contributed by atoms with E-state index in [-0.39, 0.29) is 11.0 Å². The average Bonchev–Trinajstić information content (AvgIpc) is 2.08. The van der Waals surface area contributed by atoms with Crippen LogP contribution in [0.4, 0.5) is 0 Å². The quantitative estimate of drug-likeness (QED) is 0.752. The van der Waals surface area contributed by atoms with E-state index in [1.807, 2.05) is 11.8 Å². The number of ether oxygens (including phenoxy) is 1. The normalized spacial score (nSPS) is 30.0. The van der Waals surface area contributed by atoms with E-state index < -0.39 is 0 Å². The highest BCUT2D eigenvalue weighted by molar-refractivity contribution is 7.98. The molecular weight excluding hydrogens is 206 g/mol. The van der Waals surface area contributed by atoms with Gasteiger partial charge in [0, 0.05) is 17.3 Å². The van der Waals surface area contributed by atoms with Gasteiger partial charge in [0.2, 0.25) is 0 Å². The molecule has 1 saturated carbocycles. The van der Waals surface area contributed by atoms with Gasteiger partial charge in [0.15, 0.2) is 0 Å². The molecule has 0 amide bonds. The average molecular weight is 231 g/mol. The molecule has 0 aromatic rings. The summed E-state index contributed by atoms with van der Waals surface area (Å²) in [5.74, 6) is 1.04. The molecule has 15 heavy (non-hydrogen) atoms. The Balaban J connectivity index is 2.41. The predicted octanol–water partition coefficient (Wildman–Crippen LogP) is 2.88. The molecule has 1 aliphatic carbocycles. The summed E-state index contributed by atoms with van der Waals surface area (Å²) in [7, 11) is 0. The topological polar surface area (TPSA) is 21.3 Å². The van der Waals surface area contributed by atoms with Gasteiger partial charge in [-0.05, 0) is 33.4 Å². The van der Waals surface area contributed by atoms with Crippen molar-refractivity contribution in [3.8, 4) is 0 Å². The van der Waals surface area contributed by atoms with E-state index in [0.717, 1.165) is 12.3 Å². The van der Waals surface area contributed by atoms with Gasteiger partial charge >= 0.3 is 0 Å². The molecule has 0 unspecified atom stereocenters. The number of nitrogens with one attached hydrogen (secondary N) is 1. The van der Waals surface area contributed by atoms with Gasteiger partial charge < -0.3 is 10.1 Å². The Hall–Kier alpha value is 0.270. The molecule has 0 spiro atoms. The first-order valence-electron chi connectivity index (χ1n) is 5.67. The van der Waals surface area contributed by atoms with Gasteiger partial charge in [-0.1, -0.05) is 13.8 Å². The first kappa shape index (κ1) is 13.3. The van der Waals surface area contributed by atoms with Crippen molar-refractivity contribution < 1.29 is 4.74 Å². The van der Waals surface area contributed by atoms with E-state index >= 15 is 0 Å². The van der Waals surface area contributed by atoms with Gasteiger partial charge in [-0.2, -0.15) is 0 Å². The van der Waals surface area contributed by atoms with Crippen molar-refractivity contribution in [3.63, 3.8) is 0 Å². The molecule has 0 saturated heterocycles. The fourth-order valence-corrected chi connectivity index (χ4v) is 2.41. The SMILES string of the molecule is CSCN[C@@H]1C[C@H](OC(C)(C)C)C1(C)C. The van der Waals surface area contributed by atoms with Gasteiger partial charge in [-0.25, -0.2) is 0 Å². The molecule has 0 radical (unpaired) electrons. The van der Waals surface area contributed by atoms with Crippen LogP contribution in [0.3, 0.4) is 0 Å². The van der Waals surface area contributed by atoms with Crippen molar-refractivity contribution in [2.75, 3.05) is 12.1 Å². The summed E-state index contributed by atoms with van der Waals surface area (Å²) >= 11 is 1.84. The van der Waals surface area contributed by atoms with Crippen LogP contribution in [0.1, 0.15) is 41.0 Å². The van der Waals surface area contributed by atoms with Crippen LogP contribution < -0.4 is 5.32 Å². The summed E-state index contributed by atoms with van der Waals surface area (Å²) in [5, 5.41) is 3.56. The van der Waals surface area contributed by atoms with Crippen LogP contribution in [0.5, 0.6) is 0 Å². The summed E-state index contributed by atoms with van der Waals surface area (Å²) in [6, 6.07) is 0.609. The molecule has 0 heterocycles. The molecule has 3 heteroatoms. The highest BCUT2D eigenvalue weighted by Crippen LogP contribution is 2.44. The van der Waals surface area contributed by atoms with Crippen LogP contribution in [0.15, 0.2) is 0 Å². The minimum absolute atomic E-state index is 0.0214. The van der Waals surface area contributed by atoms with Gasteiger partial charge in [-0.3, -0.25) is 0 Å². The standard InChI is InChI=1S/C12H25NOS/c1-11(2,3)14-10-7-9(12(10,4)5)13-8-15-6/h9-10,13H,7-8H2,1-6H3/t9-,10+/m1/s1. The Kier molecular flexibility index (Phi) is 4.13. The van der Waals surface area contributed by atoms with Gasteiger partial charge in [0.25, 0.3) is 0 Å². The van der Waals surface area contributed by atoms with E-state index in [2.05, 4.69) is 46.2 Å². The summed E-state index contributed by atoms with van der Waals surface area (Å²) in [4.78, 5) is 0. The maximum Gasteiger partial charge on any atom is 0.0663 e. The molecular formula is C12H25NOS. The van der Waals surface area contributed by atoms with E-state index in [1.165, 1.54) is 0 Å². The van der Waals surface area contributed by atoms with Crippen molar-refractivity contribution in [1.29, 1.82) is 0 Å². The summed E-state index contributed by atoms with van der Waals surface area (Å²) < 4.78 is 6.05. The second kappa shape index (κ2) is 4.64. The first-order chi connectivity index (χ1) is 6.77. The van der Waals surface area contributed by atoms with Crippen LogP contribution in [-0.2, 0) is 4.74 Å². The van der Waals surface area contributed by atoms with E-state index in [1.54, 1.807) is 0 Å². The van der Waals surface area contributed by atoms with Crippen LogP contribution in [-0.4, -0.2) is 29.9 Å². The Bertz CT molecular complexity index is 210. The molecule has 0 aromatic carbocycles. The minimum atomic E-state index is -0.0214. The smallest absolute Gasteiger partial charge is 0.0663 e. The summed E-state index contributed by atoms with van der Waals surface area (Å²) in [5.41, 5.74) is 0.245. The highest BCUT2D eigenvalue weighted by Gasteiger charge is 2.49. The van der Waals surface area contributed by atoms with Crippen molar-refractivity contribution in [1.82, 2.24) is 5.32 Å². The van der Waals surface area contributed by atoms with Crippen LogP contribution >= 0.6 is 11.8 Å². The fraction of sp³-hybridized carbons (Fsp3) is 1.00. The molecule has 1 N–H and O–H groups in total. The van der Waals surface area contributed by atoms with Crippen molar-refractivity contribution in [2.24, 2.45) is 5.41 Å². The van der Waals surface area contributed by atoms with Gasteiger partial charge in [0.05, 0.1) is 11.7 Å². The zero-order valence-corrected chi connectivity index (χ0v) is 11.7. The lowest BCUT2D eigenvalue weighted by atomic mass is 9.64. The maximum atomic E-state index is 6.05. The number of hydrogen-bond donors (Lipinski definition) is 1. The van der Waals surface area contributed by atoms with Gasteiger partial charge in [-0.15, -0.1) is 11.8 Å². The molecule has 0 aromatic heterocycles. The van der Waals surface area contributed by atoms with Crippen LogP contribution in [0.2, 0.25) is 0 Å². The molecule has 1 rings (SSSR count). The monoisotopic (exact) mass is 231 g/mol. The fourth-order valence-electron chi connectivity index (χ4n) is 2.04. The van der Waals surface area contributed by atoms with E-state index in [9.17, 15) is 0 Å². The second-order valence-electron chi connectivity index (χ2n) is 5.97. The predicted molar refractivity (Wildman–Crippen MR) is 68.3 cm³/mol. The number of hydrogen-bond acceptors (Lipinski definition) is 3. The summed E-state index contributed by atoms with van der Waals surface area (Å²) in [6.07, 6.45) is 3.67. The first-order valence-corrected chi connectivity index (χ1v) is 7.07. The van der Waals surface area contributed by atoms with Crippen molar-refractivity contribution >= 4 is 11.8 Å². The highest BCUT2D eigenvalue weighted by atomic mass is 32.2. The zero-order chi connectivity index (χ0) is 11.7. The Morgan fingerprint density at radius 1 is 1.40 bits per heavy atom. The second-order valence-corrected chi connectivity index (χ2v) is 6.83. The number of rotatable bonds is 4. The third-order valence-electron chi connectivity index (χ3n) is 3.15. The van der Waals surface area contributed by atoms with E-state index in [4.69, 9.17) is 4.74 Å². The largest absolute Gasteiger partial charge is 0.372 e. The van der Waals surface area contributed by atoms with Gasteiger partial charge in [0.1, 0.15) is 0 Å². The third-order valence-corrected chi connectivity index (χ3v) is 3.60. The summed E-state index contributed by atoms with van der Waals surface area (Å²) in [6.45, 7) is 11.0. The molecule has 0 bridgehead atoms. The molecule has 2 nitrogen and oxygen atoms in total. The lowest BCUT2D eigenvalue weighted by molar-refractivity contribution is -0.172. The van der Waals surface area contributed by atoms with Crippen LogP contribution in [0, 0.1) is 5.41 Å². The van der Waals surface area contributed by atoms with Crippen LogP contribution in [0.25, 0.3) is 0 Å². The Morgan fingerprint density at radius 3 is 2.40 bits per heavy atom. The number of thioether (sulfide) groups is 1.